The van der Waals surface area contributed by atoms with Gasteiger partial charge in [0.1, 0.15) is 0 Å². The summed E-state index contributed by atoms with van der Waals surface area (Å²) in [5.41, 5.74) is 1.96. The molecule has 0 aliphatic heterocycles. The zero-order valence-corrected chi connectivity index (χ0v) is 11.1. The van der Waals surface area contributed by atoms with Gasteiger partial charge in [-0.1, -0.05) is 12.1 Å². The zero-order valence-electron chi connectivity index (χ0n) is 11.1. The fraction of sp³-hybridized carbons (Fsp3) is 0.200. The molecule has 0 fully saturated rings. The smallest absolute Gasteiger partial charge is 0.151 e. The molecule has 0 radical (unpaired) electrons. The van der Waals surface area contributed by atoms with E-state index in [1.165, 1.54) is 0 Å². The monoisotopic (exact) mass is 252 g/mol. The van der Waals surface area contributed by atoms with E-state index in [-0.39, 0.29) is 0 Å². The number of rotatable bonds is 4. The molecule has 4 heteroatoms. The van der Waals surface area contributed by atoms with Crippen LogP contribution >= 0.6 is 0 Å². The summed E-state index contributed by atoms with van der Waals surface area (Å²) in [7, 11) is 0. The Morgan fingerprint density at radius 3 is 1.68 bits per heavy atom. The van der Waals surface area contributed by atoms with E-state index in [0.29, 0.717) is 6.42 Å². The number of hydrogen-bond donors (Lipinski definition) is 0. The van der Waals surface area contributed by atoms with Crippen molar-refractivity contribution in [3.05, 3.63) is 48.8 Å². The van der Waals surface area contributed by atoms with E-state index in [1.54, 1.807) is 12.4 Å². The van der Waals surface area contributed by atoms with E-state index in [2.05, 4.69) is 20.0 Å². The Labute approximate surface area is 113 Å². The van der Waals surface area contributed by atoms with Crippen LogP contribution in [0.4, 0.5) is 11.6 Å². The zero-order chi connectivity index (χ0) is 13.5. The van der Waals surface area contributed by atoms with Gasteiger partial charge in [-0.05, 0) is 38.1 Å². The number of hydrogen-bond acceptors (Lipinski definition) is 4. The van der Waals surface area contributed by atoms with Crippen LogP contribution in [0.25, 0.3) is 0 Å². The van der Waals surface area contributed by atoms with Gasteiger partial charge < -0.3 is 0 Å². The molecule has 2 aromatic heterocycles. The molecule has 0 aliphatic rings. The lowest BCUT2D eigenvalue weighted by molar-refractivity contribution is 1.24. The summed E-state index contributed by atoms with van der Waals surface area (Å²) in [6.07, 6.45) is 4.19. The molecule has 2 heterocycles. The molecule has 0 spiro atoms. The Morgan fingerprint density at radius 2 is 1.32 bits per heavy atom. The summed E-state index contributed by atoms with van der Waals surface area (Å²) in [4.78, 5) is 17.2. The molecule has 0 atom stereocenters. The number of aromatic nitrogens is 2. The second kappa shape index (κ2) is 6.54. The van der Waals surface area contributed by atoms with Crippen LogP contribution in [-0.4, -0.2) is 21.4 Å². The van der Waals surface area contributed by atoms with E-state index >= 15 is 0 Å². The van der Waals surface area contributed by atoms with E-state index in [1.807, 2.05) is 50.2 Å². The largest absolute Gasteiger partial charge is 0.238 e. The van der Waals surface area contributed by atoms with E-state index < -0.39 is 0 Å². The van der Waals surface area contributed by atoms with E-state index in [4.69, 9.17) is 0 Å². The van der Waals surface area contributed by atoms with Crippen molar-refractivity contribution in [2.45, 2.75) is 20.3 Å². The first-order valence-electron chi connectivity index (χ1n) is 6.14. The third kappa shape index (κ3) is 4.43. The van der Waals surface area contributed by atoms with Crippen molar-refractivity contribution in [3.8, 4) is 0 Å². The van der Waals surface area contributed by atoms with Crippen LogP contribution in [-0.2, 0) is 0 Å². The number of pyridine rings is 2. The van der Waals surface area contributed by atoms with Crippen LogP contribution in [0.2, 0.25) is 0 Å². The Hall–Kier alpha value is -2.36. The maximum absolute atomic E-state index is 4.44. The third-order valence-corrected chi connectivity index (χ3v) is 2.42. The maximum Gasteiger partial charge on any atom is 0.151 e. The highest BCUT2D eigenvalue weighted by atomic mass is 14.9. The summed E-state index contributed by atoms with van der Waals surface area (Å²) in [5, 5.41) is 0. The summed E-state index contributed by atoms with van der Waals surface area (Å²) in [5.74, 6) is 1.45. The van der Waals surface area contributed by atoms with Crippen LogP contribution in [0, 0.1) is 0 Å². The third-order valence-electron chi connectivity index (χ3n) is 2.42. The SMILES string of the molecule is CC(CC(C)=Nc1ccccn1)=Nc1ccccn1. The molecule has 0 aromatic carbocycles. The van der Waals surface area contributed by atoms with Gasteiger partial charge in [-0.15, -0.1) is 0 Å². The fourth-order valence-corrected chi connectivity index (χ4v) is 1.68. The average molecular weight is 252 g/mol. The van der Waals surface area contributed by atoms with E-state index in [9.17, 15) is 0 Å². The minimum Gasteiger partial charge on any atom is -0.238 e. The van der Waals surface area contributed by atoms with Gasteiger partial charge in [0.2, 0.25) is 0 Å². The van der Waals surface area contributed by atoms with Crippen LogP contribution < -0.4 is 0 Å². The van der Waals surface area contributed by atoms with Crippen LogP contribution in [0.5, 0.6) is 0 Å². The van der Waals surface area contributed by atoms with Gasteiger partial charge in [-0.25, -0.2) is 20.0 Å². The van der Waals surface area contributed by atoms with Gasteiger partial charge in [0.05, 0.1) is 0 Å². The minimum atomic E-state index is 0.715. The molecule has 0 saturated carbocycles. The second-order valence-electron chi connectivity index (χ2n) is 4.25. The molecule has 0 aliphatic carbocycles. The van der Waals surface area contributed by atoms with Crippen LogP contribution in [0.1, 0.15) is 20.3 Å². The molecule has 2 aromatic rings. The Balaban J connectivity index is 2.05. The highest BCUT2D eigenvalue weighted by Crippen LogP contribution is 2.09. The fourth-order valence-electron chi connectivity index (χ4n) is 1.68. The van der Waals surface area contributed by atoms with Gasteiger partial charge in [0.25, 0.3) is 0 Å². The summed E-state index contributed by atoms with van der Waals surface area (Å²) >= 11 is 0. The maximum atomic E-state index is 4.44. The highest BCUT2D eigenvalue weighted by molar-refractivity contribution is 6.03. The number of aliphatic imine (C=N–C) groups is 2. The molecule has 4 nitrogen and oxygen atoms in total. The molecule has 2 rings (SSSR count). The Morgan fingerprint density at radius 1 is 0.842 bits per heavy atom. The number of nitrogens with zero attached hydrogens (tertiary/aromatic N) is 4. The van der Waals surface area contributed by atoms with Crippen molar-refractivity contribution in [3.63, 3.8) is 0 Å². The highest BCUT2D eigenvalue weighted by Gasteiger charge is 1.98. The molecule has 0 amide bonds. The summed E-state index contributed by atoms with van der Waals surface area (Å²) in [6.45, 7) is 3.96. The molecule has 0 saturated heterocycles. The van der Waals surface area contributed by atoms with Gasteiger partial charge >= 0.3 is 0 Å². The molecule has 19 heavy (non-hydrogen) atoms. The second-order valence-corrected chi connectivity index (χ2v) is 4.25. The molecular formula is C15H16N4. The predicted molar refractivity (Wildman–Crippen MR) is 78.6 cm³/mol. The van der Waals surface area contributed by atoms with Crippen LogP contribution in [0.15, 0.2) is 58.8 Å². The standard InChI is InChI=1S/C15H16N4/c1-12(18-14-7-3-5-9-16-14)11-13(2)19-15-8-4-6-10-17-15/h3-10H,11H2,1-2H3. The predicted octanol–water partition coefficient (Wildman–Crippen LogP) is 3.75. The topological polar surface area (TPSA) is 50.5 Å². The van der Waals surface area contributed by atoms with Crippen molar-refractivity contribution in [1.29, 1.82) is 0 Å². The molecule has 0 N–H and O–H groups in total. The lowest BCUT2D eigenvalue weighted by Gasteiger charge is -2.01. The Kier molecular flexibility index (Phi) is 4.50. The summed E-state index contributed by atoms with van der Waals surface area (Å²) < 4.78 is 0. The first kappa shape index (κ1) is 13.1. The first-order chi connectivity index (χ1) is 9.24. The van der Waals surface area contributed by atoms with Gasteiger partial charge in [0, 0.05) is 30.2 Å². The Bertz CT molecular complexity index is 520. The van der Waals surface area contributed by atoms with Crippen molar-refractivity contribution < 1.29 is 0 Å². The quantitative estimate of drug-likeness (QED) is 0.778. The molecule has 0 unspecified atom stereocenters. The van der Waals surface area contributed by atoms with Crippen LogP contribution in [0.3, 0.4) is 0 Å². The van der Waals surface area contributed by atoms with E-state index in [0.717, 1.165) is 23.1 Å². The minimum absolute atomic E-state index is 0.715. The molecular weight excluding hydrogens is 236 g/mol. The first-order valence-corrected chi connectivity index (χ1v) is 6.14. The van der Waals surface area contributed by atoms with Crippen molar-refractivity contribution in [1.82, 2.24) is 9.97 Å². The summed E-state index contributed by atoms with van der Waals surface area (Å²) in [6, 6.07) is 11.4. The van der Waals surface area contributed by atoms with Gasteiger partial charge in [-0.3, -0.25) is 0 Å². The van der Waals surface area contributed by atoms with Crippen molar-refractivity contribution >= 4 is 23.1 Å². The lowest BCUT2D eigenvalue weighted by Crippen LogP contribution is -2.00. The molecule has 0 bridgehead atoms. The normalized spacial score (nSPS) is 12.5. The molecule has 96 valence electrons. The van der Waals surface area contributed by atoms with Gasteiger partial charge in [0.15, 0.2) is 11.6 Å². The van der Waals surface area contributed by atoms with Crippen molar-refractivity contribution in [2.75, 3.05) is 0 Å². The average Bonchev–Trinajstić information content (AvgIpc) is 2.40. The van der Waals surface area contributed by atoms with Gasteiger partial charge in [-0.2, -0.15) is 0 Å². The van der Waals surface area contributed by atoms with Crippen molar-refractivity contribution in [2.24, 2.45) is 9.98 Å². The lowest BCUT2D eigenvalue weighted by atomic mass is 10.2.